The monoisotopic (exact) mass is 436 g/mol. The Balaban J connectivity index is 1.78. The number of nitrogens with one attached hydrogen (secondary N) is 1. The SMILES string of the molecule is Cc1cc(NC(=O)C(=O)N(Cc2ccccc2)Cc2ccccc2)ccc1Br. The Morgan fingerprint density at radius 2 is 1.39 bits per heavy atom. The first kappa shape index (κ1) is 19.8. The zero-order valence-corrected chi connectivity index (χ0v) is 17.1. The molecule has 28 heavy (non-hydrogen) atoms. The van der Waals surface area contributed by atoms with E-state index in [0.717, 1.165) is 21.2 Å². The van der Waals surface area contributed by atoms with Crippen LogP contribution in [0.15, 0.2) is 83.3 Å². The van der Waals surface area contributed by atoms with Crippen molar-refractivity contribution in [2.75, 3.05) is 5.32 Å². The third kappa shape index (κ3) is 5.30. The molecule has 0 aromatic heterocycles. The van der Waals surface area contributed by atoms with Crippen molar-refractivity contribution >= 4 is 33.4 Å². The van der Waals surface area contributed by atoms with Crippen LogP contribution >= 0.6 is 15.9 Å². The maximum Gasteiger partial charge on any atom is 0.313 e. The van der Waals surface area contributed by atoms with Gasteiger partial charge < -0.3 is 10.2 Å². The molecule has 0 atom stereocenters. The van der Waals surface area contributed by atoms with Gasteiger partial charge in [0.15, 0.2) is 0 Å². The van der Waals surface area contributed by atoms with Gasteiger partial charge >= 0.3 is 11.8 Å². The molecule has 0 saturated carbocycles. The lowest BCUT2D eigenvalue weighted by molar-refractivity contribution is -0.144. The first-order valence-electron chi connectivity index (χ1n) is 8.97. The lowest BCUT2D eigenvalue weighted by Gasteiger charge is -2.22. The van der Waals surface area contributed by atoms with E-state index < -0.39 is 11.8 Å². The van der Waals surface area contributed by atoms with Crippen LogP contribution in [0.5, 0.6) is 0 Å². The second-order valence-corrected chi connectivity index (χ2v) is 7.40. The lowest BCUT2D eigenvalue weighted by Crippen LogP contribution is -2.38. The second-order valence-electron chi connectivity index (χ2n) is 6.55. The zero-order chi connectivity index (χ0) is 19.9. The molecule has 2 amide bonds. The fourth-order valence-electron chi connectivity index (χ4n) is 2.86. The number of carbonyl (C=O) groups is 2. The maximum absolute atomic E-state index is 12.9. The quantitative estimate of drug-likeness (QED) is 0.576. The number of nitrogens with zero attached hydrogens (tertiary/aromatic N) is 1. The highest BCUT2D eigenvalue weighted by Gasteiger charge is 2.22. The van der Waals surface area contributed by atoms with Crippen molar-refractivity contribution in [3.05, 3.63) is 100 Å². The minimum absolute atomic E-state index is 0.362. The van der Waals surface area contributed by atoms with Crippen LogP contribution in [0.25, 0.3) is 0 Å². The highest BCUT2D eigenvalue weighted by molar-refractivity contribution is 9.10. The average Bonchev–Trinajstić information content (AvgIpc) is 2.71. The molecule has 142 valence electrons. The van der Waals surface area contributed by atoms with Crippen LogP contribution in [0.4, 0.5) is 5.69 Å². The smallest absolute Gasteiger partial charge is 0.313 e. The van der Waals surface area contributed by atoms with Gasteiger partial charge in [0.25, 0.3) is 0 Å². The number of benzene rings is 3. The zero-order valence-electron chi connectivity index (χ0n) is 15.6. The summed E-state index contributed by atoms with van der Waals surface area (Å²) in [5.41, 5.74) is 3.52. The summed E-state index contributed by atoms with van der Waals surface area (Å²) in [6, 6.07) is 24.8. The second kappa shape index (κ2) is 9.33. The van der Waals surface area contributed by atoms with E-state index in [0.29, 0.717) is 18.8 Å². The summed E-state index contributed by atoms with van der Waals surface area (Å²) in [6.07, 6.45) is 0. The number of hydrogen-bond donors (Lipinski definition) is 1. The molecule has 1 N–H and O–H groups in total. The van der Waals surface area contributed by atoms with E-state index in [2.05, 4.69) is 21.2 Å². The third-order valence-electron chi connectivity index (χ3n) is 4.33. The van der Waals surface area contributed by atoms with Gasteiger partial charge in [0.05, 0.1) is 0 Å². The summed E-state index contributed by atoms with van der Waals surface area (Å²) >= 11 is 3.43. The number of amides is 2. The summed E-state index contributed by atoms with van der Waals surface area (Å²) in [5.74, 6) is -1.21. The molecule has 5 heteroatoms. The van der Waals surface area contributed by atoms with Crippen molar-refractivity contribution in [3.8, 4) is 0 Å². The predicted molar refractivity (Wildman–Crippen MR) is 115 cm³/mol. The molecule has 0 aliphatic carbocycles. The fourth-order valence-corrected chi connectivity index (χ4v) is 3.10. The van der Waals surface area contributed by atoms with Crippen molar-refractivity contribution in [2.45, 2.75) is 20.0 Å². The third-order valence-corrected chi connectivity index (χ3v) is 5.22. The van der Waals surface area contributed by atoms with Crippen LogP contribution in [-0.2, 0) is 22.7 Å². The van der Waals surface area contributed by atoms with Gasteiger partial charge in [-0.25, -0.2) is 0 Å². The van der Waals surface area contributed by atoms with Gasteiger partial charge in [0, 0.05) is 23.2 Å². The molecular weight excluding hydrogens is 416 g/mol. The van der Waals surface area contributed by atoms with Gasteiger partial charge in [-0.15, -0.1) is 0 Å². The molecule has 0 bridgehead atoms. The molecule has 4 nitrogen and oxygen atoms in total. The normalized spacial score (nSPS) is 10.4. The Hall–Kier alpha value is -2.92. The number of carbonyl (C=O) groups excluding carboxylic acids is 2. The molecule has 0 unspecified atom stereocenters. The summed E-state index contributed by atoms with van der Waals surface area (Å²) in [7, 11) is 0. The van der Waals surface area contributed by atoms with Crippen LogP contribution in [0, 0.1) is 6.92 Å². The van der Waals surface area contributed by atoms with Crippen molar-refractivity contribution in [1.82, 2.24) is 4.90 Å². The number of rotatable bonds is 5. The van der Waals surface area contributed by atoms with Crippen molar-refractivity contribution in [1.29, 1.82) is 0 Å². The minimum Gasteiger partial charge on any atom is -0.326 e. The molecule has 0 radical (unpaired) electrons. The molecule has 0 saturated heterocycles. The Kier molecular flexibility index (Phi) is 6.61. The highest BCUT2D eigenvalue weighted by atomic mass is 79.9. The summed E-state index contributed by atoms with van der Waals surface area (Å²) in [5, 5.41) is 2.71. The Morgan fingerprint density at radius 3 is 1.89 bits per heavy atom. The average molecular weight is 437 g/mol. The van der Waals surface area contributed by atoms with Crippen molar-refractivity contribution in [3.63, 3.8) is 0 Å². The summed E-state index contributed by atoms with van der Waals surface area (Å²) in [6.45, 7) is 2.65. The van der Waals surface area contributed by atoms with Gasteiger partial charge in [-0.1, -0.05) is 76.6 Å². The first-order chi connectivity index (χ1) is 13.5. The molecular formula is C23H21BrN2O2. The van der Waals surface area contributed by atoms with E-state index in [1.807, 2.05) is 79.7 Å². The standard InChI is InChI=1S/C23H21BrN2O2/c1-17-14-20(12-13-21(17)24)25-22(27)23(28)26(15-18-8-4-2-5-9-18)16-19-10-6-3-7-11-19/h2-14H,15-16H2,1H3,(H,25,27). The molecule has 3 aromatic carbocycles. The number of hydrogen-bond acceptors (Lipinski definition) is 2. The molecule has 0 aliphatic rings. The maximum atomic E-state index is 12.9. The molecule has 0 fully saturated rings. The van der Waals surface area contributed by atoms with E-state index >= 15 is 0 Å². The van der Waals surface area contributed by atoms with E-state index in [4.69, 9.17) is 0 Å². The van der Waals surface area contributed by atoms with E-state index in [-0.39, 0.29) is 0 Å². The fraction of sp³-hybridized carbons (Fsp3) is 0.130. The lowest BCUT2D eigenvalue weighted by atomic mass is 10.1. The largest absolute Gasteiger partial charge is 0.326 e. The first-order valence-corrected chi connectivity index (χ1v) is 9.76. The van der Waals surface area contributed by atoms with Gasteiger partial charge in [-0.2, -0.15) is 0 Å². The molecule has 3 rings (SSSR count). The van der Waals surface area contributed by atoms with E-state index in [9.17, 15) is 9.59 Å². The minimum atomic E-state index is -0.645. The van der Waals surface area contributed by atoms with Gasteiger partial charge in [0.2, 0.25) is 0 Å². The predicted octanol–water partition coefficient (Wildman–Crippen LogP) is 4.93. The summed E-state index contributed by atoms with van der Waals surface area (Å²) < 4.78 is 0.951. The van der Waals surface area contributed by atoms with Gasteiger partial charge in [0.1, 0.15) is 0 Å². The van der Waals surface area contributed by atoms with Crippen molar-refractivity contribution in [2.24, 2.45) is 0 Å². The highest BCUT2D eigenvalue weighted by Crippen LogP contribution is 2.20. The molecule has 0 heterocycles. The van der Waals surface area contributed by atoms with Gasteiger partial charge in [-0.05, 0) is 41.8 Å². The van der Waals surface area contributed by atoms with Crippen LogP contribution in [0.3, 0.4) is 0 Å². The molecule has 0 aliphatic heterocycles. The van der Waals surface area contributed by atoms with E-state index in [1.165, 1.54) is 0 Å². The number of aryl methyl sites for hydroxylation is 1. The van der Waals surface area contributed by atoms with Gasteiger partial charge in [-0.3, -0.25) is 9.59 Å². The number of anilines is 1. The topological polar surface area (TPSA) is 49.4 Å². The van der Waals surface area contributed by atoms with Crippen LogP contribution in [-0.4, -0.2) is 16.7 Å². The Bertz CT molecular complexity index is 917. The van der Waals surface area contributed by atoms with Crippen LogP contribution in [0.1, 0.15) is 16.7 Å². The van der Waals surface area contributed by atoms with Crippen LogP contribution < -0.4 is 5.32 Å². The Labute approximate surface area is 173 Å². The molecule has 3 aromatic rings. The summed E-state index contributed by atoms with van der Waals surface area (Å²) in [4.78, 5) is 27.1. The van der Waals surface area contributed by atoms with Crippen molar-refractivity contribution < 1.29 is 9.59 Å². The Morgan fingerprint density at radius 1 is 0.857 bits per heavy atom. The molecule has 0 spiro atoms. The van der Waals surface area contributed by atoms with E-state index in [1.54, 1.807) is 11.0 Å². The number of halogens is 1. The van der Waals surface area contributed by atoms with Crippen LogP contribution in [0.2, 0.25) is 0 Å².